The van der Waals surface area contributed by atoms with Gasteiger partial charge in [0.2, 0.25) is 0 Å². The van der Waals surface area contributed by atoms with Crippen molar-refractivity contribution in [1.82, 2.24) is 10.6 Å². The van der Waals surface area contributed by atoms with Gasteiger partial charge in [0.1, 0.15) is 17.4 Å². The fourth-order valence-corrected chi connectivity index (χ4v) is 2.73. The van der Waals surface area contributed by atoms with Crippen molar-refractivity contribution >= 4 is 21.8 Å². The van der Waals surface area contributed by atoms with Gasteiger partial charge in [-0.05, 0) is 35.7 Å². The number of ether oxygens (including phenoxy) is 1. The van der Waals surface area contributed by atoms with Crippen LogP contribution in [0.1, 0.15) is 11.1 Å². The largest absolute Gasteiger partial charge is 0.497 e. The molecule has 0 atom stereocenters. The quantitative estimate of drug-likeness (QED) is 0.395. The molecule has 1 amide bonds. The summed E-state index contributed by atoms with van der Waals surface area (Å²) in [5, 5.41) is 14.9. The molecule has 0 aliphatic rings. The second-order valence-corrected chi connectivity index (χ2v) is 6.35. The molecule has 0 fully saturated rings. The molecule has 2 rings (SSSR count). The van der Waals surface area contributed by atoms with Crippen molar-refractivity contribution in [2.45, 2.75) is 13.0 Å². The van der Waals surface area contributed by atoms with Crippen LogP contribution >= 0.6 is 15.9 Å². The minimum absolute atomic E-state index is 0.0469. The summed E-state index contributed by atoms with van der Waals surface area (Å²) in [5.74, 6) is 0.351. The Balaban J connectivity index is 1.82. The van der Waals surface area contributed by atoms with Crippen LogP contribution in [-0.4, -0.2) is 19.6 Å². The number of carbonyl (C=O) groups excluding carboxylic acids is 1. The molecule has 5 nitrogen and oxygen atoms in total. The number of carbonyl (C=O) groups is 1. The highest BCUT2D eigenvalue weighted by Crippen LogP contribution is 2.15. The third kappa shape index (κ3) is 5.94. The molecule has 0 unspecified atom stereocenters. The van der Waals surface area contributed by atoms with E-state index in [0.29, 0.717) is 13.1 Å². The predicted molar refractivity (Wildman–Crippen MR) is 104 cm³/mol. The van der Waals surface area contributed by atoms with E-state index in [4.69, 9.17) is 4.74 Å². The van der Waals surface area contributed by atoms with Crippen LogP contribution in [0.15, 0.2) is 64.8 Å². The number of nitriles is 1. The first-order valence-electron chi connectivity index (χ1n) is 8.12. The SMILES string of the molecule is COc1ccc(CNC(=O)/C(C#N)=C\NCCc2ccccc2Br)cc1. The molecular weight excluding hydrogens is 394 g/mol. The average molecular weight is 414 g/mol. The molecule has 0 bridgehead atoms. The first kappa shape index (κ1) is 19.5. The third-order valence-corrected chi connectivity index (χ3v) is 4.49. The Morgan fingerprint density at radius 3 is 2.62 bits per heavy atom. The van der Waals surface area contributed by atoms with E-state index in [1.165, 1.54) is 6.20 Å². The second kappa shape index (κ2) is 10.3. The Morgan fingerprint density at radius 2 is 1.96 bits per heavy atom. The summed E-state index contributed by atoms with van der Waals surface area (Å²) in [6.45, 7) is 0.971. The van der Waals surface area contributed by atoms with Gasteiger partial charge < -0.3 is 15.4 Å². The predicted octanol–water partition coefficient (Wildman–Crippen LogP) is 3.31. The summed E-state index contributed by atoms with van der Waals surface area (Å²) < 4.78 is 6.14. The number of methoxy groups -OCH3 is 1. The lowest BCUT2D eigenvalue weighted by Crippen LogP contribution is -2.25. The summed E-state index contributed by atoms with van der Waals surface area (Å²) in [4.78, 5) is 12.1. The number of nitrogens with one attached hydrogen (secondary N) is 2. The number of hydrogen-bond donors (Lipinski definition) is 2. The van der Waals surface area contributed by atoms with Crippen molar-refractivity contribution in [1.29, 1.82) is 5.26 Å². The van der Waals surface area contributed by atoms with Gasteiger partial charge in [-0.2, -0.15) is 5.26 Å². The standard InChI is InChI=1S/C20H20BrN3O2/c1-26-18-8-6-15(7-9-18)13-24-20(25)17(12-22)14-23-11-10-16-4-2-3-5-19(16)21/h2-9,14,23H,10-11,13H2,1H3,(H,24,25)/b17-14-. The Hall–Kier alpha value is -2.78. The maximum atomic E-state index is 12.1. The van der Waals surface area contributed by atoms with Crippen LogP contribution in [-0.2, 0) is 17.8 Å². The lowest BCUT2D eigenvalue weighted by molar-refractivity contribution is -0.117. The summed E-state index contributed by atoms with van der Waals surface area (Å²) in [5.41, 5.74) is 2.14. The zero-order chi connectivity index (χ0) is 18.8. The molecule has 0 spiro atoms. The van der Waals surface area contributed by atoms with E-state index < -0.39 is 5.91 Å². The second-order valence-electron chi connectivity index (χ2n) is 5.50. The zero-order valence-corrected chi connectivity index (χ0v) is 16.0. The molecule has 0 radical (unpaired) electrons. The summed E-state index contributed by atoms with van der Waals surface area (Å²) in [6, 6.07) is 17.3. The Bertz CT molecular complexity index is 811. The topological polar surface area (TPSA) is 74.1 Å². The molecule has 2 N–H and O–H groups in total. The fourth-order valence-electron chi connectivity index (χ4n) is 2.25. The zero-order valence-electron chi connectivity index (χ0n) is 14.5. The maximum Gasteiger partial charge on any atom is 0.263 e. The Labute approximate surface area is 161 Å². The number of hydrogen-bond acceptors (Lipinski definition) is 4. The van der Waals surface area contributed by atoms with Gasteiger partial charge in [-0.3, -0.25) is 4.79 Å². The van der Waals surface area contributed by atoms with Crippen molar-refractivity contribution < 1.29 is 9.53 Å². The van der Waals surface area contributed by atoms with E-state index in [1.807, 2.05) is 54.6 Å². The smallest absolute Gasteiger partial charge is 0.263 e. The van der Waals surface area contributed by atoms with Gasteiger partial charge in [-0.15, -0.1) is 0 Å². The van der Waals surface area contributed by atoms with Crippen molar-refractivity contribution in [3.05, 3.63) is 75.9 Å². The van der Waals surface area contributed by atoms with Gasteiger partial charge in [0.25, 0.3) is 5.91 Å². The Kier molecular flexibility index (Phi) is 7.72. The molecule has 26 heavy (non-hydrogen) atoms. The van der Waals surface area contributed by atoms with Crippen LogP contribution in [0.4, 0.5) is 0 Å². The molecule has 6 heteroatoms. The van der Waals surface area contributed by atoms with E-state index in [9.17, 15) is 10.1 Å². The van der Waals surface area contributed by atoms with Crippen LogP contribution < -0.4 is 15.4 Å². The molecule has 2 aromatic carbocycles. The monoisotopic (exact) mass is 413 g/mol. The van der Waals surface area contributed by atoms with E-state index in [2.05, 4.69) is 26.6 Å². The first-order chi connectivity index (χ1) is 12.6. The van der Waals surface area contributed by atoms with Crippen molar-refractivity contribution in [2.24, 2.45) is 0 Å². The number of rotatable bonds is 8. The normalized spacial score (nSPS) is 10.7. The minimum atomic E-state index is -0.406. The van der Waals surface area contributed by atoms with Gasteiger partial charge in [-0.25, -0.2) is 0 Å². The molecule has 0 saturated carbocycles. The summed E-state index contributed by atoms with van der Waals surface area (Å²) in [7, 11) is 1.60. The van der Waals surface area contributed by atoms with Gasteiger partial charge in [0.15, 0.2) is 0 Å². The third-order valence-electron chi connectivity index (χ3n) is 3.72. The lowest BCUT2D eigenvalue weighted by Gasteiger charge is -2.07. The van der Waals surface area contributed by atoms with E-state index in [1.54, 1.807) is 7.11 Å². The van der Waals surface area contributed by atoms with Crippen LogP contribution in [0, 0.1) is 11.3 Å². The molecule has 134 valence electrons. The van der Waals surface area contributed by atoms with Crippen LogP contribution in [0.3, 0.4) is 0 Å². The summed E-state index contributed by atoms with van der Waals surface area (Å²) in [6.07, 6.45) is 2.24. The number of halogens is 1. The van der Waals surface area contributed by atoms with E-state index in [0.717, 1.165) is 27.8 Å². The van der Waals surface area contributed by atoms with Crippen molar-refractivity contribution in [3.8, 4) is 11.8 Å². The van der Waals surface area contributed by atoms with Crippen LogP contribution in [0.5, 0.6) is 5.75 Å². The van der Waals surface area contributed by atoms with Gasteiger partial charge in [0.05, 0.1) is 7.11 Å². The molecule has 0 aliphatic carbocycles. The van der Waals surface area contributed by atoms with E-state index >= 15 is 0 Å². The molecular formula is C20H20BrN3O2. The van der Waals surface area contributed by atoms with Crippen molar-refractivity contribution in [3.63, 3.8) is 0 Å². The number of nitrogens with zero attached hydrogens (tertiary/aromatic N) is 1. The van der Waals surface area contributed by atoms with Gasteiger partial charge >= 0.3 is 0 Å². The highest BCUT2D eigenvalue weighted by atomic mass is 79.9. The van der Waals surface area contributed by atoms with Crippen LogP contribution in [0.2, 0.25) is 0 Å². The van der Waals surface area contributed by atoms with E-state index in [-0.39, 0.29) is 5.57 Å². The highest BCUT2D eigenvalue weighted by Gasteiger charge is 2.08. The highest BCUT2D eigenvalue weighted by molar-refractivity contribution is 9.10. The maximum absolute atomic E-state index is 12.1. The molecule has 0 heterocycles. The first-order valence-corrected chi connectivity index (χ1v) is 8.91. The summed E-state index contributed by atoms with van der Waals surface area (Å²) >= 11 is 3.50. The molecule has 0 aromatic heterocycles. The lowest BCUT2D eigenvalue weighted by atomic mass is 10.1. The van der Waals surface area contributed by atoms with Crippen LogP contribution in [0.25, 0.3) is 0 Å². The van der Waals surface area contributed by atoms with Gasteiger partial charge in [-0.1, -0.05) is 46.3 Å². The average Bonchev–Trinajstić information content (AvgIpc) is 2.68. The Morgan fingerprint density at radius 1 is 1.23 bits per heavy atom. The number of amides is 1. The molecule has 0 saturated heterocycles. The number of benzene rings is 2. The molecule has 2 aromatic rings. The fraction of sp³-hybridized carbons (Fsp3) is 0.200. The molecule has 0 aliphatic heterocycles. The van der Waals surface area contributed by atoms with Gasteiger partial charge in [0, 0.05) is 23.8 Å². The van der Waals surface area contributed by atoms with Crippen molar-refractivity contribution in [2.75, 3.05) is 13.7 Å². The minimum Gasteiger partial charge on any atom is -0.497 e.